The van der Waals surface area contributed by atoms with Crippen LogP contribution in [0, 0.1) is 12.3 Å². The van der Waals surface area contributed by atoms with Crippen LogP contribution >= 0.6 is 0 Å². The molecule has 0 atom stereocenters. The summed E-state index contributed by atoms with van der Waals surface area (Å²) in [6, 6.07) is 11.1. The number of terminal acetylenes is 1. The Morgan fingerprint density at radius 2 is 1.77 bits per heavy atom. The Labute approximate surface area is 176 Å². The van der Waals surface area contributed by atoms with Gasteiger partial charge in [-0.1, -0.05) is 26.7 Å². The fourth-order valence-electron chi connectivity index (χ4n) is 3.15. The molecule has 0 saturated carbocycles. The molecule has 1 amide bonds. The lowest BCUT2D eigenvalue weighted by atomic mass is 9.95. The van der Waals surface area contributed by atoms with Gasteiger partial charge in [0.1, 0.15) is 5.82 Å². The van der Waals surface area contributed by atoms with Gasteiger partial charge in [-0.25, -0.2) is 13.4 Å². The maximum Gasteiger partial charge on any atom is 0.261 e. The molecule has 1 aromatic heterocycles. The molecule has 30 heavy (non-hydrogen) atoms. The van der Waals surface area contributed by atoms with Crippen molar-refractivity contribution in [2.45, 2.75) is 44.6 Å². The fraction of sp³-hybridized carbons (Fsp3) is 0.273. The van der Waals surface area contributed by atoms with E-state index in [1.54, 1.807) is 12.1 Å². The van der Waals surface area contributed by atoms with Gasteiger partial charge in [-0.05, 0) is 42.5 Å². The lowest BCUT2D eigenvalue weighted by Crippen LogP contribution is -2.18. The van der Waals surface area contributed by atoms with E-state index >= 15 is 0 Å². The van der Waals surface area contributed by atoms with E-state index in [2.05, 4.69) is 36.7 Å². The number of anilines is 2. The van der Waals surface area contributed by atoms with Gasteiger partial charge in [0.15, 0.2) is 0 Å². The zero-order valence-electron chi connectivity index (χ0n) is 17.4. The van der Waals surface area contributed by atoms with Crippen molar-refractivity contribution in [2.75, 3.05) is 10.0 Å². The van der Waals surface area contributed by atoms with Gasteiger partial charge >= 0.3 is 0 Å². The summed E-state index contributed by atoms with van der Waals surface area (Å²) in [6.45, 7) is 7.92. The van der Waals surface area contributed by atoms with Crippen molar-refractivity contribution in [3.05, 3.63) is 48.3 Å². The molecular formula is C22H24N4O3S. The molecule has 1 heterocycles. The number of hydrogen-bond donors (Lipinski definition) is 2. The molecule has 0 fully saturated rings. The topological polar surface area (TPSA) is 93.1 Å². The summed E-state index contributed by atoms with van der Waals surface area (Å²) in [5, 5.41) is 2.60. The number of nitrogens with one attached hydrogen (secondary N) is 2. The lowest BCUT2D eigenvalue weighted by Gasteiger charge is -2.18. The van der Waals surface area contributed by atoms with Crippen LogP contribution in [0.5, 0.6) is 0 Å². The molecule has 3 aromatic rings. The standard InChI is InChI=1S/C22H24N4O3S/c1-6-13-26-20-12-9-17(14-19(20)24-21(26)22(3,4)5)25-30(28,29)18-10-7-16(8-11-18)23-15(2)27/h1,7-12,14,25H,13H2,2-5H3,(H,23,27). The van der Waals surface area contributed by atoms with E-state index in [1.165, 1.54) is 31.2 Å². The molecule has 0 bridgehead atoms. The van der Waals surface area contributed by atoms with Gasteiger partial charge in [-0.3, -0.25) is 9.52 Å². The predicted molar refractivity (Wildman–Crippen MR) is 119 cm³/mol. The highest BCUT2D eigenvalue weighted by Crippen LogP contribution is 2.28. The zero-order chi connectivity index (χ0) is 22.1. The lowest BCUT2D eigenvalue weighted by molar-refractivity contribution is -0.114. The molecule has 2 N–H and O–H groups in total. The van der Waals surface area contributed by atoms with Crippen LogP contribution in [-0.4, -0.2) is 23.9 Å². The third-order valence-corrected chi connectivity index (χ3v) is 5.80. The summed E-state index contributed by atoms with van der Waals surface area (Å²) in [7, 11) is -3.80. The minimum Gasteiger partial charge on any atom is -0.326 e. The highest BCUT2D eigenvalue weighted by molar-refractivity contribution is 7.92. The average molecular weight is 425 g/mol. The van der Waals surface area contributed by atoms with Gasteiger partial charge in [-0.15, -0.1) is 6.42 Å². The summed E-state index contributed by atoms with van der Waals surface area (Å²) in [5.74, 6) is 3.26. The number of amides is 1. The van der Waals surface area contributed by atoms with Crippen LogP contribution in [0.4, 0.5) is 11.4 Å². The highest BCUT2D eigenvalue weighted by Gasteiger charge is 2.23. The smallest absolute Gasteiger partial charge is 0.261 e. The van der Waals surface area contributed by atoms with Gasteiger partial charge < -0.3 is 9.88 Å². The third kappa shape index (κ3) is 4.47. The number of rotatable bonds is 5. The van der Waals surface area contributed by atoms with Crippen molar-refractivity contribution in [1.29, 1.82) is 0 Å². The normalized spacial score (nSPS) is 11.8. The number of nitrogens with zero attached hydrogens (tertiary/aromatic N) is 2. The van der Waals surface area contributed by atoms with E-state index in [1.807, 2.05) is 10.6 Å². The first-order valence-electron chi connectivity index (χ1n) is 9.36. The molecular weight excluding hydrogens is 400 g/mol. The van der Waals surface area contributed by atoms with Crippen molar-refractivity contribution < 1.29 is 13.2 Å². The quantitative estimate of drug-likeness (QED) is 0.611. The van der Waals surface area contributed by atoms with E-state index in [4.69, 9.17) is 11.4 Å². The van der Waals surface area contributed by atoms with Crippen molar-refractivity contribution in [3.8, 4) is 12.3 Å². The predicted octanol–water partition coefficient (Wildman–Crippen LogP) is 3.73. The first-order chi connectivity index (χ1) is 14.0. The number of fused-ring (bicyclic) bond motifs is 1. The minimum atomic E-state index is -3.80. The maximum absolute atomic E-state index is 12.8. The van der Waals surface area contributed by atoms with Crippen LogP contribution < -0.4 is 10.0 Å². The Morgan fingerprint density at radius 1 is 1.13 bits per heavy atom. The zero-order valence-corrected chi connectivity index (χ0v) is 18.2. The van der Waals surface area contributed by atoms with Crippen molar-refractivity contribution in [2.24, 2.45) is 0 Å². The molecule has 0 saturated heterocycles. The van der Waals surface area contributed by atoms with Gasteiger partial charge in [0, 0.05) is 18.0 Å². The summed E-state index contributed by atoms with van der Waals surface area (Å²) in [5.41, 5.74) is 2.22. The number of aromatic nitrogens is 2. The molecule has 0 spiro atoms. The maximum atomic E-state index is 12.8. The molecule has 0 aliphatic rings. The van der Waals surface area contributed by atoms with Crippen molar-refractivity contribution >= 4 is 38.3 Å². The largest absolute Gasteiger partial charge is 0.326 e. The van der Waals surface area contributed by atoms with Crippen LogP contribution in [0.25, 0.3) is 11.0 Å². The number of sulfonamides is 1. The van der Waals surface area contributed by atoms with Gasteiger partial charge in [-0.2, -0.15) is 0 Å². The Kier molecular flexibility index (Phi) is 5.59. The molecule has 0 aliphatic heterocycles. The van der Waals surface area contributed by atoms with Gasteiger partial charge in [0.25, 0.3) is 10.0 Å². The van der Waals surface area contributed by atoms with E-state index in [-0.39, 0.29) is 16.2 Å². The molecule has 2 aromatic carbocycles. The van der Waals surface area contributed by atoms with E-state index in [9.17, 15) is 13.2 Å². The van der Waals surface area contributed by atoms with Crippen LogP contribution in [0.1, 0.15) is 33.5 Å². The second kappa shape index (κ2) is 7.84. The molecule has 3 rings (SSSR count). The van der Waals surface area contributed by atoms with E-state index < -0.39 is 10.0 Å². The summed E-state index contributed by atoms with van der Waals surface area (Å²) in [6.07, 6.45) is 5.52. The Bertz CT molecular complexity index is 1240. The third-order valence-electron chi connectivity index (χ3n) is 4.41. The number of hydrogen-bond acceptors (Lipinski definition) is 4. The summed E-state index contributed by atoms with van der Waals surface area (Å²) < 4.78 is 30.1. The first kappa shape index (κ1) is 21.4. The van der Waals surface area contributed by atoms with E-state index in [0.29, 0.717) is 23.4 Å². The Balaban J connectivity index is 1.93. The number of carbonyl (C=O) groups excluding carboxylic acids is 1. The molecule has 156 valence electrons. The fourth-order valence-corrected chi connectivity index (χ4v) is 4.20. The molecule has 0 aliphatic carbocycles. The van der Waals surface area contributed by atoms with Crippen LogP contribution in [0.3, 0.4) is 0 Å². The Morgan fingerprint density at radius 3 is 2.33 bits per heavy atom. The summed E-state index contributed by atoms with van der Waals surface area (Å²) in [4.78, 5) is 15.9. The Hall–Kier alpha value is -3.31. The van der Waals surface area contributed by atoms with Crippen LogP contribution in [0.2, 0.25) is 0 Å². The second-order valence-corrected chi connectivity index (χ2v) is 9.67. The average Bonchev–Trinajstić information content (AvgIpc) is 3.00. The monoisotopic (exact) mass is 424 g/mol. The van der Waals surface area contributed by atoms with Gasteiger partial charge in [0.05, 0.1) is 28.2 Å². The second-order valence-electron chi connectivity index (χ2n) is 7.99. The molecule has 8 heteroatoms. The van der Waals surface area contributed by atoms with Crippen molar-refractivity contribution in [3.63, 3.8) is 0 Å². The number of benzene rings is 2. The van der Waals surface area contributed by atoms with Crippen molar-refractivity contribution in [1.82, 2.24) is 9.55 Å². The minimum absolute atomic E-state index is 0.0879. The number of carbonyl (C=O) groups is 1. The first-order valence-corrected chi connectivity index (χ1v) is 10.8. The van der Waals surface area contributed by atoms with Gasteiger partial charge in [0.2, 0.25) is 5.91 Å². The summed E-state index contributed by atoms with van der Waals surface area (Å²) >= 11 is 0. The molecule has 0 radical (unpaired) electrons. The number of imidazole rings is 1. The van der Waals surface area contributed by atoms with E-state index in [0.717, 1.165) is 11.3 Å². The highest BCUT2D eigenvalue weighted by atomic mass is 32.2. The van der Waals surface area contributed by atoms with Crippen LogP contribution in [-0.2, 0) is 26.8 Å². The molecule has 0 unspecified atom stereocenters. The van der Waals surface area contributed by atoms with Crippen LogP contribution in [0.15, 0.2) is 47.4 Å². The SMILES string of the molecule is C#CCn1c(C(C)(C)C)nc2cc(NS(=O)(=O)c3ccc(NC(C)=O)cc3)ccc21. The molecule has 7 nitrogen and oxygen atoms in total.